The molecule has 2 aliphatic heterocycles. The van der Waals surface area contributed by atoms with Gasteiger partial charge in [0.05, 0.1) is 19.5 Å². The number of hydrogen-bond acceptors (Lipinski definition) is 5. The first-order chi connectivity index (χ1) is 13.1. The Kier molecular flexibility index (Phi) is 4.86. The third-order valence-electron chi connectivity index (χ3n) is 6.07. The van der Waals surface area contributed by atoms with Crippen molar-refractivity contribution in [3.05, 3.63) is 24.3 Å². The second kappa shape index (κ2) is 7.31. The zero-order valence-electron chi connectivity index (χ0n) is 15.6. The van der Waals surface area contributed by atoms with Crippen molar-refractivity contribution < 1.29 is 19.1 Å². The molecule has 0 spiro atoms. The predicted molar refractivity (Wildman–Crippen MR) is 99.3 cm³/mol. The molecular formula is C20H25N3O4. The van der Waals surface area contributed by atoms with Crippen molar-refractivity contribution in [2.75, 3.05) is 25.2 Å². The Bertz CT molecular complexity index is 746. The van der Waals surface area contributed by atoms with Crippen LogP contribution >= 0.6 is 0 Å². The highest BCUT2D eigenvalue weighted by Crippen LogP contribution is 2.35. The van der Waals surface area contributed by atoms with Crippen molar-refractivity contribution in [1.29, 1.82) is 0 Å². The molecule has 7 heteroatoms. The van der Waals surface area contributed by atoms with Gasteiger partial charge in [-0.25, -0.2) is 14.6 Å². The van der Waals surface area contributed by atoms with Crippen LogP contribution < -0.4 is 9.64 Å². The summed E-state index contributed by atoms with van der Waals surface area (Å²) in [5, 5.41) is 0. The highest BCUT2D eigenvalue weighted by molar-refractivity contribution is 6.52. The summed E-state index contributed by atoms with van der Waals surface area (Å²) in [6, 6.07) is 6.42. The Labute approximate surface area is 158 Å². The van der Waals surface area contributed by atoms with Crippen molar-refractivity contribution in [3.8, 4) is 5.75 Å². The van der Waals surface area contributed by atoms with Crippen LogP contribution in [0.4, 0.5) is 10.5 Å². The average molecular weight is 371 g/mol. The van der Waals surface area contributed by atoms with Gasteiger partial charge in [-0.3, -0.25) is 14.5 Å². The number of methoxy groups -OCH3 is 1. The van der Waals surface area contributed by atoms with Crippen LogP contribution in [-0.2, 0) is 9.59 Å². The fourth-order valence-corrected chi connectivity index (χ4v) is 4.67. The van der Waals surface area contributed by atoms with E-state index in [1.165, 1.54) is 25.7 Å². The van der Waals surface area contributed by atoms with Crippen LogP contribution in [0.3, 0.4) is 0 Å². The molecule has 3 aliphatic rings. The minimum absolute atomic E-state index is 0.206. The highest BCUT2D eigenvalue weighted by Gasteiger charge is 2.47. The first-order valence-corrected chi connectivity index (χ1v) is 9.68. The molecule has 2 atom stereocenters. The van der Waals surface area contributed by atoms with E-state index in [1.807, 2.05) is 0 Å². The molecule has 0 bridgehead atoms. The SMILES string of the molecule is COc1ccc(N2C(=O)C(=O)N(CN3CCC[C@@H]4CCCC[C@@H]43)C2=O)cc1. The van der Waals surface area contributed by atoms with Crippen LogP contribution in [0, 0.1) is 5.92 Å². The van der Waals surface area contributed by atoms with Gasteiger partial charge in [0.2, 0.25) is 0 Å². The lowest BCUT2D eigenvalue weighted by Crippen LogP contribution is -2.52. The molecule has 7 nitrogen and oxygen atoms in total. The van der Waals surface area contributed by atoms with Crippen molar-refractivity contribution in [2.45, 2.75) is 44.6 Å². The number of nitrogens with zero attached hydrogens (tertiary/aromatic N) is 3. The van der Waals surface area contributed by atoms with E-state index in [9.17, 15) is 14.4 Å². The number of piperidine rings is 1. The summed E-state index contributed by atoms with van der Waals surface area (Å²) < 4.78 is 5.11. The number of ether oxygens (including phenoxy) is 1. The number of rotatable bonds is 4. The molecule has 27 heavy (non-hydrogen) atoms. The molecule has 1 aromatic carbocycles. The van der Waals surface area contributed by atoms with Gasteiger partial charge in [-0.2, -0.15) is 0 Å². The number of carbonyl (C=O) groups is 3. The van der Waals surface area contributed by atoms with Crippen LogP contribution in [0.25, 0.3) is 0 Å². The van der Waals surface area contributed by atoms with Gasteiger partial charge in [-0.05, 0) is 55.9 Å². The lowest BCUT2D eigenvalue weighted by atomic mass is 9.78. The van der Waals surface area contributed by atoms with E-state index in [-0.39, 0.29) is 6.67 Å². The molecule has 2 heterocycles. The van der Waals surface area contributed by atoms with E-state index in [2.05, 4.69) is 4.90 Å². The number of anilines is 1. The lowest BCUT2D eigenvalue weighted by Gasteiger charge is -2.44. The van der Waals surface area contributed by atoms with Gasteiger partial charge in [0.25, 0.3) is 0 Å². The molecule has 4 rings (SSSR count). The Morgan fingerprint density at radius 1 is 0.963 bits per heavy atom. The number of likely N-dealkylation sites (tertiary alicyclic amines) is 1. The number of amides is 4. The topological polar surface area (TPSA) is 70.2 Å². The first kappa shape index (κ1) is 18.0. The summed E-state index contributed by atoms with van der Waals surface area (Å²) in [5.41, 5.74) is 0.385. The number of imide groups is 2. The van der Waals surface area contributed by atoms with Gasteiger partial charge in [0, 0.05) is 12.6 Å². The Morgan fingerprint density at radius 3 is 2.41 bits per heavy atom. The molecule has 4 amide bonds. The number of hydrogen-bond donors (Lipinski definition) is 0. The van der Waals surface area contributed by atoms with Crippen LogP contribution in [-0.4, -0.2) is 54.0 Å². The molecular weight excluding hydrogens is 346 g/mol. The summed E-state index contributed by atoms with van der Waals surface area (Å²) in [4.78, 5) is 42.1. The summed E-state index contributed by atoms with van der Waals surface area (Å²) in [6.45, 7) is 1.08. The molecule has 1 aromatic rings. The Hall–Kier alpha value is -2.41. The lowest BCUT2D eigenvalue weighted by molar-refractivity contribution is -0.140. The molecule has 3 fully saturated rings. The first-order valence-electron chi connectivity index (χ1n) is 9.68. The standard InChI is InChI=1S/C20H25N3O4/c1-27-16-10-8-15(9-11-16)23-19(25)18(24)22(20(23)26)13-21-12-4-6-14-5-2-3-7-17(14)21/h8-11,14,17H,2-7,12-13H2,1H3/t14-,17-/m0/s1. The summed E-state index contributed by atoms with van der Waals surface area (Å²) in [7, 11) is 1.55. The fraction of sp³-hybridized carbons (Fsp3) is 0.550. The summed E-state index contributed by atoms with van der Waals surface area (Å²) in [5.74, 6) is -0.262. The molecule has 1 saturated carbocycles. The predicted octanol–water partition coefficient (Wildman–Crippen LogP) is 2.60. The second-order valence-corrected chi connectivity index (χ2v) is 7.56. The minimum atomic E-state index is -0.789. The largest absolute Gasteiger partial charge is 0.497 e. The zero-order valence-corrected chi connectivity index (χ0v) is 15.6. The van der Waals surface area contributed by atoms with Crippen LogP contribution in [0.15, 0.2) is 24.3 Å². The van der Waals surface area contributed by atoms with Gasteiger partial charge >= 0.3 is 17.8 Å². The van der Waals surface area contributed by atoms with Crippen LogP contribution in [0.5, 0.6) is 5.75 Å². The molecule has 0 radical (unpaired) electrons. The van der Waals surface area contributed by atoms with Gasteiger partial charge < -0.3 is 4.74 Å². The molecule has 0 aromatic heterocycles. The van der Waals surface area contributed by atoms with Gasteiger partial charge in [0.1, 0.15) is 5.75 Å². The van der Waals surface area contributed by atoms with Crippen molar-refractivity contribution in [1.82, 2.24) is 9.80 Å². The molecule has 2 saturated heterocycles. The van der Waals surface area contributed by atoms with Gasteiger partial charge in [0.15, 0.2) is 0 Å². The quantitative estimate of drug-likeness (QED) is 0.601. The van der Waals surface area contributed by atoms with Crippen molar-refractivity contribution >= 4 is 23.5 Å². The van der Waals surface area contributed by atoms with Crippen LogP contribution in [0.1, 0.15) is 38.5 Å². The maximum absolute atomic E-state index is 12.9. The van der Waals surface area contributed by atoms with E-state index in [4.69, 9.17) is 4.74 Å². The Balaban J connectivity index is 1.52. The summed E-state index contributed by atoms with van der Waals surface area (Å²) >= 11 is 0. The fourth-order valence-electron chi connectivity index (χ4n) is 4.67. The van der Waals surface area contributed by atoms with E-state index < -0.39 is 17.8 Å². The number of benzene rings is 1. The Morgan fingerprint density at radius 2 is 1.67 bits per heavy atom. The third-order valence-corrected chi connectivity index (χ3v) is 6.07. The van der Waals surface area contributed by atoms with E-state index >= 15 is 0 Å². The molecule has 1 aliphatic carbocycles. The van der Waals surface area contributed by atoms with Crippen LogP contribution in [0.2, 0.25) is 0 Å². The maximum Gasteiger partial charge on any atom is 0.340 e. The van der Waals surface area contributed by atoms with E-state index in [0.717, 1.165) is 29.2 Å². The maximum atomic E-state index is 12.9. The van der Waals surface area contributed by atoms with Gasteiger partial charge in [-0.15, -0.1) is 0 Å². The van der Waals surface area contributed by atoms with E-state index in [0.29, 0.717) is 23.4 Å². The highest BCUT2D eigenvalue weighted by atomic mass is 16.5. The molecule has 0 N–H and O–H groups in total. The number of carbonyl (C=O) groups excluding carboxylic acids is 3. The normalized spacial score (nSPS) is 26.5. The minimum Gasteiger partial charge on any atom is -0.497 e. The summed E-state index contributed by atoms with van der Waals surface area (Å²) in [6.07, 6.45) is 7.08. The molecule has 0 unspecified atom stereocenters. The second-order valence-electron chi connectivity index (χ2n) is 7.56. The smallest absolute Gasteiger partial charge is 0.340 e. The van der Waals surface area contributed by atoms with E-state index in [1.54, 1.807) is 31.4 Å². The van der Waals surface area contributed by atoms with Crippen molar-refractivity contribution in [2.24, 2.45) is 5.92 Å². The van der Waals surface area contributed by atoms with Crippen molar-refractivity contribution in [3.63, 3.8) is 0 Å². The average Bonchev–Trinajstić information content (AvgIpc) is 2.91. The zero-order chi connectivity index (χ0) is 19.0. The number of fused-ring (bicyclic) bond motifs is 1. The van der Waals surface area contributed by atoms with Gasteiger partial charge in [-0.1, -0.05) is 12.8 Å². The molecule has 144 valence electrons. The number of urea groups is 1. The third kappa shape index (κ3) is 3.20. The monoisotopic (exact) mass is 371 g/mol.